The van der Waals surface area contributed by atoms with Gasteiger partial charge in [-0.05, 0) is 61.0 Å². The lowest BCUT2D eigenvalue weighted by Crippen LogP contribution is -2.41. The summed E-state index contributed by atoms with van der Waals surface area (Å²) in [7, 11) is 0.261. The summed E-state index contributed by atoms with van der Waals surface area (Å²) in [5.74, 6) is 0.751. The first-order chi connectivity index (χ1) is 16.7. The minimum Gasteiger partial charge on any atom is -0.497 e. The standard InChI is InChI=1S/C25H27BrN2O6S/c1-17(18-6-5-7-19(26)14-18)27-25(29)16-28(20-8-10-21(32-2)11-9-20)35(30,31)22-12-13-23(33-3)24(15-22)34-4/h5-15,17H,16H2,1-4H3,(H,27,29)/t17-/m0/s1. The Balaban J connectivity index is 1.95. The monoisotopic (exact) mass is 562 g/mol. The van der Waals surface area contributed by atoms with Gasteiger partial charge in [0.15, 0.2) is 11.5 Å². The molecule has 0 aliphatic heterocycles. The van der Waals surface area contributed by atoms with E-state index in [2.05, 4.69) is 21.2 Å². The van der Waals surface area contributed by atoms with E-state index in [4.69, 9.17) is 14.2 Å². The number of carbonyl (C=O) groups is 1. The number of amides is 1. The maximum Gasteiger partial charge on any atom is 0.264 e. The van der Waals surface area contributed by atoms with E-state index >= 15 is 0 Å². The molecular weight excluding hydrogens is 536 g/mol. The Labute approximate surface area is 214 Å². The molecule has 0 heterocycles. The predicted octanol–water partition coefficient (Wildman–Crippen LogP) is 4.55. The highest BCUT2D eigenvalue weighted by molar-refractivity contribution is 9.10. The molecule has 3 rings (SSSR count). The number of hydrogen-bond acceptors (Lipinski definition) is 6. The molecule has 1 amide bonds. The summed E-state index contributed by atoms with van der Waals surface area (Å²) in [5.41, 5.74) is 1.19. The first-order valence-electron chi connectivity index (χ1n) is 10.6. The predicted molar refractivity (Wildman–Crippen MR) is 138 cm³/mol. The Morgan fingerprint density at radius 3 is 2.23 bits per heavy atom. The molecule has 1 atom stereocenters. The topological polar surface area (TPSA) is 94.2 Å². The third-order valence-electron chi connectivity index (χ3n) is 5.32. The van der Waals surface area contributed by atoms with E-state index in [0.29, 0.717) is 17.2 Å². The first-order valence-corrected chi connectivity index (χ1v) is 12.9. The van der Waals surface area contributed by atoms with Crippen molar-refractivity contribution >= 4 is 37.5 Å². The van der Waals surface area contributed by atoms with Gasteiger partial charge in [-0.2, -0.15) is 0 Å². The van der Waals surface area contributed by atoms with Crippen LogP contribution in [0.25, 0.3) is 0 Å². The van der Waals surface area contributed by atoms with Gasteiger partial charge in [-0.25, -0.2) is 8.42 Å². The van der Waals surface area contributed by atoms with Crippen LogP contribution in [0.4, 0.5) is 5.69 Å². The minimum atomic E-state index is -4.14. The highest BCUT2D eigenvalue weighted by atomic mass is 79.9. The van der Waals surface area contributed by atoms with Crippen LogP contribution in [-0.2, 0) is 14.8 Å². The third-order valence-corrected chi connectivity index (χ3v) is 7.58. The molecule has 0 radical (unpaired) electrons. The number of hydrogen-bond donors (Lipinski definition) is 1. The molecule has 8 nitrogen and oxygen atoms in total. The van der Waals surface area contributed by atoms with Crippen LogP contribution < -0.4 is 23.8 Å². The fraction of sp³-hybridized carbons (Fsp3) is 0.240. The number of anilines is 1. The molecule has 186 valence electrons. The summed E-state index contributed by atoms with van der Waals surface area (Å²) in [4.78, 5) is 13.0. The maximum absolute atomic E-state index is 13.7. The van der Waals surface area contributed by atoms with Gasteiger partial charge in [-0.1, -0.05) is 28.1 Å². The fourth-order valence-electron chi connectivity index (χ4n) is 3.44. The smallest absolute Gasteiger partial charge is 0.264 e. The number of rotatable bonds is 10. The van der Waals surface area contributed by atoms with E-state index in [1.807, 2.05) is 31.2 Å². The molecule has 0 aromatic heterocycles. The van der Waals surface area contributed by atoms with Crippen LogP contribution in [-0.4, -0.2) is 42.2 Å². The number of sulfonamides is 1. The van der Waals surface area contributed by atoms with Gasteiger partial charge in [0.2, 0.25) is 5.91 Å². The van der Waals surface area contributed by atoms with Crippen LogP contribution in [0, 0.1) is 0 Å². The molecule has 0 aliphatic carbocycles. The summed E-state index contributed by atoms with van der Waals surface area (Å²) < 4.78 is 45.0. The zero-order valence-electron chi connectivity index (χ0n) is 19.8. The van der Waals surface area contributed by atoms with Gasteiger partial charge in [0.25, 0.3) is 10.0 Å². The van der Waals surface area contributed by atoms with Gasteiger partial charge >= 0.3 is 0 Å². The highest BCUT2D eigenvalue weighted by Crippen LogP contribution is 2.32. The Hall–Kier alpha value is -3.24. The van der Waals surface area contributed by atoms with E-state index in [1.165, 1.54) is 39.5 Å². The van der Waals surface area contributed by atoms with E-state index in [1.54, 1.807) is 24.3 Å². The Morgan fingerprint density at radius 1 is 0.943 bits per heavy atom. The molecular formula is C25H27BrN2O6S. The third kappa shape index (κ3) is 6.26. The van der Waals surface area contributed by atoms with Crippen LogP contribution in [0.5, 0.6) is 17.2 Å². The highest BCUT2D eigenvalue weighted by Gasteiger charge is 2.29. The number of nitrogens with zero attached hydrogens (tertiary/aromatic N) is 1. The summed E-state index contributed by atoms with van der Waals surface area (Å²) >= 11 is 3.42. The van der Waals surface area contributed by atoms with Crippen molar-refractivity contribution in [3.63, 3.8) is 0 Å². The first kappa shape index (κ1) is 26.4. The second kappa shape index (κ2) is 11.5. The largest absolute Gasteiger partial charge is 0.497 e. The molecule has 0 saturated heterocycles. The van der Waals surface area contributed by atoms with Crippen molar-refractivity contribution in [2.24, 2.45) is 0 Å². The van der Waals surface area contributed by atoms with E-state index in [9.17, 15) is 13.2 Å². The van der Waals surface area contributed by atoms with Crippen molar-refractivity contribution in [1.82, 2.24) is 5.32 Å². The maximum atomic E-state index is 13.7. The van der Waals surface area contributed by atoms with Crippen molar-refractivity contribution in [1.29, 1.82) is 0 Å². The van der Waals surface area contributed by atoms with Crippen LogP contribution in [0.15, 0.2) is 76.1 Å². The lowest BCUT2D eigenvalue weighted by Gasteiger charge is -2.25. The molecule has 0 aliphatic rings. The SMILES string of the molecule is COc1ccc(N(CC(=O)N[C@@H](C)c2cccc(Br)c2)S(=O)(=O)c2ccc(OC)c(OC)c2)cc1. The lowest BCUT2D eigenvalue weighted by atomic mass is 10.1. The summed E-state index contributed by atoms with van der Waals surface area (Å²) in [6, 6.07) is 17.9. The van der Waals surface area contributed by atoms with Crippen molar-refractivity contribution in [3.05, 3.63) is 76.8 Å². The molecule has 0 saturated carbocycles. The molecule has 3 aromatic rings. The normalized spacial score (nSPS) is 11.9. The van der Waals surface area contributed by atoms with Crippen LogP contribution in [0.3, 0.4) is 0 Å². The lowest BCUT2D eigenvalue weighted by molar-refractivity contribution is -0.120. The average Bonchev–Trinajstić information content (AvgIpc) is 2.86. The zero-order valence-corrected chi connectivity index (χ0v) is 22.2. The molecule has 3 aromatic carbocycles. The molecule has 10 heteroatoms. The van der Waals surface area contributed by atoms with Gasteiger partial charge in [-0.3, -0.25) is 9.10 Å². The van der Waals surface area contributed by atoms with Crippen LogP contribution in [0.1, 0.15) is 18.5 Å². The Bertz CT molecular complexity index is 1280. The van der Waals surface area contributed by atoms with E-state index in [-0.39, 0.29) is 16.7 Å². The number of halogens is 1. The van der Waals surface area contributed by atoms with Gasteiger partial charge < -0.3 is 19.5 Å². The van der Waals surface area contributed by atoms with Crippen molar-refractivity contribution in [3.8, 4) is 17.2 Å². The molecule has 1 N–H and O–H groups in total. The summed E-state index contributed by atoms with van der Waals surface area (Å²) in [5, 5.41) is 2.88. The second-order valence-electron chi connectivity index (χ2n) is 7.57. The number of nitrogens with one attached hydrogen (secondary N) is 1. The number of methoxy groups -OCH3 is 3. The van der Waals surface area contributed by atoms with Crippen LogP contribution in [0.2, 0.25) is 0 Å². The number of carbonyl (C=O) groups excluding carboxylic acids is 1. The number of benzene rings is 3. The quantitative estimate of drug-likeness (QED) is 0.389. The van der Waals surface area contributed by atoms with E-state index < -0.39 is 22.5 Å². The molecule has 35 heavy (non-hydrogen) atoms. The zero-order chi connectivity index (χ0) is 25.6. The average molecular weight is 563 g/mol. The van der Waals surface area contributed by atoms with Gasteiger partial charge in [0, 0.05) is 10.5 Å². The molecule has 0 bridgehead atoms. The Kier molecular flexibility index (Phi) is 8.63. The van der Waals surface area contributed by atoms with E-state index in [0.717, 1.165) is 14.3 Å². The molecule has 0 unspecified atom stereocenters. The van der Waals surface area contributed by atoms with Crippen LogP contribution >= 0.6 is 15.9 Å². The molecule has 0 fully saturated rings. The van der Waals surface area contributed by atoms with Crippen molar-refractivity contribution < 1.29 is 27.4 Å². The summed E-state index contributed by atoms with van der Waals surface area (Å²) in [6.45, 7) is 1.40. The second-order valence-corrected chi connectivity index (χ2v) is 10.3. The summed E-state index contributed by atoms with van der Waals surface area (Å²) in [6.07, 6.45) is 0. The molecule has 0 spiro atoms. The minimum absolute atomic E-state index is 0.0428. The number of ether oxygens (including phenoxy) is 3. The van der Waals surface area contributed by atoms with Gasteiger partial charge in [0.05, 0.1) is 38.0 Å². The fourth-order valence-corrected chi connectivity index (χ4v) is 5.30. The van der Waals surface area contributed by atoms with Crippen molar-refractivity contribution in [2.45, 2.75) is 17.9 Å². The van der Waals surface area contributed by atoms with Gasteiger partial charge in [0.1, 0.15) is 12.3 Å². The Morgan fingerprint density at radius 2 is 1.63 bits per heavy atom. The van der Waals surface area contributed by atoms with Crippen molar-refractivity contribution in [2.75, 3.05) is 32.2 Å². The van der Waals surface area contributed by atoms with Gasteiger partial charge in [-0.15, -0.1) is 0 Å².